The Morgan fingerprint density at radius 1 is 1.03 bits per heavy atom. The molecule has 1 saturated heterocycles. The molecule has 0 saturated carbocycles. The van der Waals surface area contributed by atoms with Gasteiger partial charge < -0.3 is 24.4 Å². The van der Waals surface area contributed by atoms with E-state index in [9.17, 15) is 0 Å². The molecule has 182 valence electrons. The van der Waals surface area contributed by atoms with E-state index in [2.05, 4.69) is 42.3 Å². The summed E-state index contributed by atoms with van der Waals surface area (Å²) < 4.78 is 16.8. The summed E-state index contributed by atoms with van der Waals surface area (Å²) in [5, 5.41) is 7.55. The number of morpholine rings is 1. The van der Waals surface area contributed by atoms with Crippen molar-refractivity contribution >= 4 is 29.7 Å². The maximum Gasteiger partial charge on any atom is 0.250 e. The first-order chi connectivity index (χ1) is 17.2. The maximum atomic E-state index is 5.70. The third-order valence-corrected chi connectivity index (χ3v) is 4.95. The molecule has 0 radical (unpaired) electrons. The monoisotopic (exact) mass is 475 g/mol. The SMILES string of the molecule is C=CCOc1ccc(/C=N\Nc2nc(Nc3ccccc3)nc(N3CCOCC3)n2)cc1OCC. The topological polar surface area (TPSA) is 106 Å². The Bertz CT molecular complexity index is 1140. The van der Waals surface area contributed by atoms with E-state index in [-0.39, 0.29) is 0 Å². The summed E-state index contributed by atoms with van der Waals surface area (Å²) in [6.45, 7) is 9.20. The summed E-state index contributed by atoms with van der Waals surface area (Å²) in [5.41, 5.74) is 4.63. The van der Waals surface area contributed by atoms with Gasteiger partial charge in [0.25, 0.3) is 0 Å². The van der Waals surface area contributed by atoms with Gasteiger partial charge in [-0.2, -0.15) is 20.1 Å². The summed E-state index contributed by atoms with van der Waals surface area (Å²) in [6, 6.07) is 15.3. The fourth-order valence-electron chi connectivity index (χ4n) is 3.33. The van der Waals surface area contributed by atoms with Crippen molar-refractivity contribution in [2.45, 2.75) is 6.92 Å². The van der Waals surface area contributed by atoms with Crippen LogP contribution in [-0.2, 0) is 4.74 Å². The Hall–Kier alpha value is -4.18. The highest BCUT2D eigenvalue weighted by atomic mass is 16.5. The number of anilines is 4. The van der Waals surface area contributed by atoms with Crippen LogP contribution in [-0.4, -0.2) is 60.7 Å². The lowest BCUT2D eigenvalue weighted by Gasteiger charge is -2.27. The minimum absolute atomic E-state index is 0.326. The number of para-hydroxylation sites is 1. The Labute approximate surface area is 204 Å². The van der Waals surface area contributed by atoms with Crippen molar-refractivity contribution < 1.29 is 14.2 Å². The van der Waals surface area contributed by atoms with E-state index >= 15 is 0 Å². The van der Waals surface area contributed by atoms with Gasteiger partial charge in [-0.25, -0.2) is 5.43 Å². The molecule has 0 aliphatic carbocycles. The van der Waals surface area contributed by atoms with Gasteiger partial charge in [0.2, 0.25) is 17.8 Å². The summed E-state index contributed by atoms with van der Waals surface area (Å²) in [6.07, 6.45) is 3.36. The van der Waals surface area contributed by atoms with Crippen LogP contribution in [0.15, 0.2) is 66.3 Å². The number of hydrazone groups is 1. The fourth-order valence-corrected chi connectivity index (χ4v) is 3.33. The zero-order valence-corrected chi connectivity index (χ0v) is 19.7. The third-order valence-electron chi connectivity index (χ3n) is 4.95. The highest BCUT2D eigenvalue weighted by molar-refractivity contribution is 5.81. The lowest BCUT2D eigenvalue weighted by Crippen LogP contribution is -2.37. The Balaban J connectivity index is 1.52. The Morgan fingerprint density at radius 3 is 2.60 bits per heavy atom. The van der Waals surface area contributed by atoms with Crippen LogP contribution in [0.3, 0.4) is 0 Å². The van der Waals surface area contributed by atoms with Gasteiger partial charge in [-0.05, 0) is 42.8 Å². The lowest BCUT2D eigenvalue weighted by molar-refractivity contribution is 0.122. The molecule has 4 rings (SSSR count). The minimum atomic E-state index is 0.326. The van der Waals surface area contributed by atoms with Gasteiger partial charge in [0, 0.05) is 18.8 Å². The van der Waals surface area contributed by atoms with E-state index < -0.39 is 0 Å². The van der Waals surface area contributed by atoms with Crippen molar-refractivity contribution in [2.75, 3.05) is 55.2 Å². The van der Waals surface area contributed by atoms with Crippen LogP contribution in [0.4, 0.5) is 23.5 Å². The molecule has 1 aromatic heterocycles. The van der Waals surface area contributed by atoms with E-state index in [0.717, 1.165) is 11.3 Å². The highest BCUT2D eigenvalue weighted by Crippen LogP contribution is 2.28. The first-order valence-electron chi connectivity index (χ1n) is 11.5. The van der Waals surface area contributed by atoms with E-state index in [1.54, 1.807) is 12.3 Å². The zero-order valence-electron chi connectivity index (χ0n) is 19.7. The normalized spacial score (nSPS) is 13.5. The predicted molar refractivity (Wildman–Crippen MR) is 137 cm³/mol. The van der Waals surface area contributed by atoms with Crippen LogP contribution in [0.1, 0.15) is 12.5 Å². The van der Waals surface area contributed by atoms with Crippen LogP contribution < -0.4 is 25.1 Å². The molecule has 3 aromatic rings. The molecule has 10 nitrogen and oxygen atoms in total. The van der Waals surface area contributed by atoms with Crippen molar-refractivity contribution in [1.29, 1.82) is 0 Å². The van der Waals surface area contributed by atoms with E-state index in [4.69, 9.17) is 14.2 Å². The molecule has 10 heteroatoms. The maximum absolute atomic E-state index is 5.70. The number of nitrogens with one attached hydrogen (secondary N) is 2. The molecule has 0 bridgehead atoms. The van der Waals surface area contributed by atoms with Crippen molar-refractivity contribution in [3.8, 4) is 11.5 Å². The number of aromatic nitrogens is 3. The minimum Gasteiger partial charge on any atom is -0.490 e. The largest absolute Gasteiger partial charge is 0.490 e. The van der Waals surface area contributed by atoms with Crippen molar-refractivity contribution in [3.63, 3.8) is 0 Å². The standard InChI is InChI=1S/C25H29N7O3/c1-3-14-35-21-11-10-19(17-22(21)34-4-2)18-26-31-24-28-23(27-20-8-6-5-7-9-20)29-25(30-24)32-12-15-33-16-13-32/h3,5-11,17-18H,1,4,12-16H2,2H3,(H2,27,28,29,30,31)/b26-18-. The van der Waals surface area contributed by atoms with Crippen molar-refractivity contribution in [2.24, 2.45) is 5.10 Å². The predicted octanol–water partition coefficient (Wildman–Crippen LogP) is 3.86. The average molecular weight is 476 g/mol. The van der Waals surface area contributed by atoms with Gasteiger partial charge in [-0.3, -0.25) is 0 Å². The molecule has 1 fully saturated rings. The van der Waals surface area contributed by atoms with E-state index in [0.29, 0.717) is 68.9 Å². The molecule has 1 aliphatic rings. The first kappa shape index (κ1) is 24.0. The van der Waals surface area contributed by atoms with Gasteiger partial charge in [0.15, 0.2) is 11.5 Å². The first-order valence-corrected chi connectivity index (χ1v) is 11.5. The quantitative estimate of drug-likeness (QED) is 0.243. The number of benzene rings is 2. The lowest BCUT2D eigenvalue weighted by atomic mass is 10.2. The molecule has 0 spiro atoms. The van der Waals surface area contributed by atoms with Crippen molar-refractivity contribution in [3.05, 3.63) is 66.7 Å². The average Bonchev–Trinajstić information content (AvgIpc) is 2.89. The molecule has 0 atom stereocenters. The number of hydrogen-bond donors (Lipinski definition) is 2. The second-order valence-electron chi connectivity index (χ2n) is 7.48. The van der Waals surface area contributed by atoms with Crippen LogP contribution >= 0.6 is 0 Å². The van der Waals surface area contributed by atoms with Crippen LogP contribution in [0.5, 0.6) is 11.5 Å². The number of ether oxygens (including phenoxy) is 3. The molecule has 2 aromatic carbocycles. The molecular weight excluding hydrogens is 446 g/mol. The van der Waals surface area contributed by atoms with E-state index in [1.807, 2.05) is 55.5 Å². The summed E-state index contributed by atoms with van der Waals surface area (Å²) in [7, 11) is 0. The molecule has 0 unspecified atom stereocenters. The van der Waals surface area contributed by atoms with Crippen LogP contribution in [0, 0.1) is 0 Å². The van der Waals surface area contributed by atoms with Crippen LogP contribution in [0.25, 0.3) is 0 Å². The van der Waals surface area contributed by atoms with Gasteiger partial charge in [0.1, 0.15) is 6.61 Å². The molecule has 0 amide bonds. The smallest absolute Gasteiger partial charge is 0.250 e. The van der Waals surface area contributed by atoms with Gasteiger partial charge in [-0.1, -0.05) is 30.9 Å². The fraction of sp³-hybridized carbons (Fsp3) is 0.280. The molecule has 1 aliphatic heterocycles. The Kier molecular flexibility index (Phi) is 8.44. The second-order valence-corrected chi connectivity index (χ2v) is 7.48. The van der Waals surface area contributed by atoms with E-state index in [1.165, 1.54) is 0 Å². The molecule has 35 heavy (non-hydrogen) atoms. The number of hydrogen-bond acceptors (Lipinski definition) is 10. The Morgan fingerprint density at radius 2 is 1.83 bits per heavy atom. The second kappa shape index (κ2) is 12.3. The van der Waals surface area contributed by atoms with Gasteiger partial charge in [0.05, 0.1) is 26.0 Å². The van der Waals surface area contributed by atoms with Crippen LogP contribution in [0.2, 0.25) is 0 Å². The number of nitrogens with zero attached hydrogens (tertiary/aromatic N) is 5. The summed E-state index contributed by atoms with van der Waals surface area (Å²) in [5.74, 6) is 2.60. The molecular formula is C25H29N7O3. The molecule has 2 N–H and O–H groups in total. The van der Waals surface area contributed by atoms with Gasteiger partial charge >= 0.3 is 0 Å². The highest BCUT2D eigenvalue weighted by Gasteiger charge is 2.16. The number of rotatable bonds is 11. The summed E-state index contributed by atoms with van der Waals surface area (Å²) >= 11 is 0. The zero-order chi connectivity index (χ0) is 24.3. The van der Waals surface area contributed by atoms with Gasteiger partial charge in [-0.15, -0.1) is 0 Å². The third kappa shape index (κ3) is 6.90. The van der Waals surface area contributed by atoms with Crippen molar-refractivity contribution in [1.82, 2.24) is 15.0 Å². The summed E-state index contributed by atoms with van der Waals surface area (Å²) in [4.78, 5) is 15.7. The molecule has 2 heterocycles.